The van der Waals surface area contributed by atoms with Gasteiger partial charge >= 0.3 is 0 Å². The average Bonchev–Trinajstić information content (AvgIpc) is 3.57. The van der Waals surface area contributed by atoms with Gasteiger partial charge in [-0.3, -0.25) is 24.1 Å². The van der Waals surface area contributed by atoms with Crippen molar-refractivity contribution in [3.8, 4) is 23.0 Å². The third-order valence-corrected chi connectivity index (χ3v) is 12.3. The Labute approximate surface area is 327 Å². The highest BCUT2D eigenvalue weighted by Crippen LogP contribution is 2.64. The molecule has 1 saturated carbocycles. The molecule has 0 bridgehead atoms. The molecule has 4 amide bonds. The van der Waals surface area contributed by atoms with Gasteiger partial charge in [0.15, 0.2) is 0 Å². The van der Waals surface area contributed by atoms with Crippen molar-refractivity contribution in [3.63, 3.8) is 0 Å². The van der Waals surface area contributed by atoms with E-state index in [1.807, 2.05) is 48.6 Å². The highest BCUT2D eigenvalue weighted by atomic mass is 35.5. The second kappa shape index (κ2) is 14.0. The van der Waals surface area contributed by atoms with Crippen molar-refractivity contribution in [3.05, 3.63) is 118 Å². The molecule has 8 rings (SSSR count). The van der Waals surface area contributed by atoms with E-state index in [0.29, 0.717) is 28.5 Å². The highest BCUT2D eigenvalue weighted by molar-refractivity contribution is 6.32. The van der Waals surface area contributed by atoms with Crippen molar-refractivity contribution in [1.29, 1.82) is 0 Å². The standard InChI is InChI=1S/C44H38ClFN2O8/c1-44-33(41(51)48(43(44)53)26-11-17-35(46)34(45)20-26)22-32-29(39(44)30-14-12-27(49)21-37(30)56-4)15-16-31-38(32)42(52)47(40(31)50)25-9-6-23(7-10-25)5-8-24-19-28(54-2)13-18-36(24)55-3/h5-15,17-21,31-33,38-39,49H,16,22H2,1-4H3. The molecule has 10 nitrogen and oxygen atoms in total. The number of phenolic OH excluding ortho intramolecular Hbond substituents is 1. The molecule has 2 aliphatic carbocycles. The Morgan fingerprint density at radius 3 is 2.21 bits per heavy atom. The first-order valence-corrected chi connectivity index (χ1v) is 18.6. The Balaban J connectivity index is 1.15. The van der Waals surface area contributed by atoms with E-state index in [9.17, 15) is 28.7 Å². The number of anilines is 2. The summed E-state index contributed by atoms with van der Waals surface area (Å²) in [6.45, 7) is 1.73. The maximum atomic E-state index is 14.7. The lowest BCUT2D eigenvalue weighted by atomic mass is 9.51. The van der Waals surface area contributed by atoms with E-state index in [-0.39, 0.29) is 41.1 Å². The fourth-order valence-corrected chi connectivity index (χ4v) is 9.49. The van der Waals surface area contributed by atoms with Crippen LogP contribution in [0.5, 0.6) is 23.0 Å². The Morgan fingerprint density at radius 2 is 1.52 bits per heavy atom. The number of carbonyl (C=O) groups is 4. The molecule has 4 aliphatic rings. The largest absolute Gasteiger partial charge is 0.508 e. The number of methoxy groups -OCH3 is 3. The fourth-order valence-electron chi connectivity index (χ4n) is 9.31. The molecule has 4 aromatic rings. The first-order valence-electron chi connectivity index (χ1n) is 18.2. The van der Waals surface area contributed by atoms with E-state index in [4.69, 9.17) is 25.8 Å². The minimum Gasteiger partial charge on any atom is -0.508 e. The summed E-state index contributed by atoms with van der Waals surface area (Å²) in [5.74, 6) is -4.56. The minimum atomic E-state index is -1.37. The zero-order valence-corrected chi connectivity index (χ0v) is 31.7. The van der Waals surface area contributed by atoms with Gasteiger partial charge in [-0.25, -0.2) is 9.29 Å². The normalized spacial score (nSPS) is 25.6. The molecule has 56 heavy (non-hydrogen) atoms. The van der Waals surface area contributed by atoms with Crippen LogP contribution in [0.3, 0.4) is 0 Å². The van der Waals surface area contributed by atoms with Gasteiger partial charge in [-0.05, 0) is 85.8 Å². The topological polar surface area (TPSA) is 123 Å². The second-order valence-corrected chi connectivity index (χ2v) is 15.1. The molecular weight excluding hydrogens is 739 g/mol. The molecular formula is C44H38ClFN2O8. The zero-order valence-electron chi connectivity index (χ0n) is 31.0. The van der Waals surface area contributed by atoms with E-state index in [1.54, 1.807) is 39.3 Å². The van der Waals surface area contributed by atoms with Gasteiger partial charge in [0.1, 0.15) is 28.8 Å². The zero-order chi connectivity index (χ0) is 39.6. The van der Waals surface area contributed by atoms with Gasteiger partial charge in [0.2, 0.25) is 23.6 Å². The number of phenols is 1. The molecule has 4 aromatic carbocycles. The number of nitrogens with zero attached hydrogens (tertiary/aromatic N) is 2. The van der Waals surface area contributed by atoms with Gasteiger partial charge in [-0.1, -0.05) is 53.6 Å². The highest BCUT2D eigenvalue weighted by Gasteiger charge is 2.68. The first-order chi connectivity index (χ1) is 26.9. The van der Waals surface area contributed by atoms with E-state index in [1.165, 1.54) is 36.3 Å². The van der Waals surface area contributed by atoms with Crippen molar-refractivity contribution in [2.75, 3.05) is 31.1 Å². The number of rotatable bonds is 8. The Hall–Kier alpha value is -5.94. The van der Waals surface area contributed by atoms with E-state index in [0.717, 1.165) is 27.7 Å². The van der Waals surface area contributed by atoms with Gasteiger partial charge in [0, 0.05) is 23.1 Å². The van der Waals surface area contributed by atoms with E-state index < -0.39 is 52.6 Å². The molecule has 286 valence electrons. The molecule has 0 radical (unpaired) electrons. The van der Waals surface area contributed by atoms with E-state index in [2.05, 4.69) is 0 Å². The molecule has 2 heterocycles. The Bertz CT molecular complexity index is 2380. The maximum absolute atomic E-state index is 14.7. The summed E-state index contributed by atoms with van der Waals surface area (Å²) < 4.78 is 30.8. The Morgan fingerprint density at radius 1 is 0.786 bits per heavy atom. The summed E-state index contributed by atoms with van der Waals surface area (Å²) >= 11 is 6.12. The summed E-state index contributed by atoms with van der Waals surface area (Å²) in [5.41, 5.74) is 2.13. The second-order valence-electron chi connectivity index (χ2n) is 14.7. The summed E-state index contributed by atoms with van der Waals surface area (Å²) in [4.78, 5) is 60.2. The molecule has 3 fully saturated rings. The van der Waals surface area contributed by atoms with E-state index >= 15 is 0 Å². The van der Waals surface area contributed by atoms with Crippen LogP contribution in [0.2, 0.25) is 5.02 Å². The van der Waals surface area contributed by atoms with Crippen molar-refractivity contribution in [1.82, 2.24) is 0 Å². The molecule has 0 aromatic heterocycles. The van der Waals surface area contributed by atoms with Gasteiger partial charge in [0.25, 0.3) is 0 Å². The number of carbonyl (C=O) groups excluding carboxylic acids is 4. The quantitative estimate of drug-likeness (QED) is 0.109. The van der Waals surface area contributed by atoms with Crippen LogP contribution in [0.4, 0.5) is 15.8 Å². The number of benzene rings is 4. The SMILES string of the molecule is COc1ccc(OC)c(C=Cc2ccc(N3C(=O)C4CC=C5C(CC6C(=O)N(c7ccc(F)c(Cl)c7)C(=O)C6(C)C5c5ccc(O)cc5OC)C4C3=O)cc2)c1. The van der Waals surface area contributed by atoms with Gasteiger partial charge in [0.05, 0.1) is 60.9 Å². The number of halogens is 2. The number of aromatic hydroxyl groups is 1. The number of ether oxygens (including phenoxy) is 3. The third kappa shape index (κ3) is 5.67. The molecule has 6 unspecified atom stereocenters. The summed E-state index contributed by atoms with van der Waals surface area (Å²) in [7, 11) is 4.63. The van der Waals surface area contributed by atoms with Crippen molar-refractivity contribution < 1.29 is 42.9 Å². The lowest BCUT2D eigenvalue weighted by Crippen LogP contribution is -2.49. The molecule has 0 spiro atoms. The van der Waals surface area contributed by atoms with Crippen molar-refractivity contribution in [2.45, 2.75) is 25.7 Å². The monoisotopic (exact) mass is 776 g/mol. The first kappa shape index (κ1) is 37.0. The van der Waals surface area contributed by atoms with Crippen LogP contribution >= 0.6 is 11.6 Å². The van der Waals surface area contributed by atoms with Crippen LogP contribution < -0.4 is 24.0 Å². The van der Waals surface area contributed by atoms with Crippen LogP contribution in [0.15, 0.2) is 90.5 Å². The third-order valence-electron chi connectivity index (χ3n) is 12.0. The lowest BCUT2D eigenvalue weighted by Gasteiger charge is -2.49. The predicted molar refractivity (Wildman–Crippen MR) is 208 cm³/mol. The van der Waals surface area contributed by atoms with Gasteiger partial charge in [-0.2, -0.15) is 0 Å². The Kier molecular flexibility index (Phi) is 9.23. The molecule has 12 heteroatoms. The van der Waals surface area contributed by atoms with Crippen molar-refractivity contribution in [2.24, 2.45) is 29.1 Å². The molecule has 6 atom stereocenters. The number of allylic oxidation sites excluding steroid dienone is 2. The predicted octanol–water partition coefficient (Wildman–Crippen LogP) is 7.82. The minimum absolute atomic E-state index is 0.0532. The molecule has 2 saturated heterocycles. The number of amides is 4. The fraction of sp³-hybridized carbons (Fsp3) is 0.273. The van der Waals surface area contributed by atoms with Crippen LogP contribution in [-0.4, -0.2) is 50.1 Å². The van der Waals surface area contributed by atoms with Crippen LogP contribution in [0.25, 0.3) is 12.2 Å². The van der Waals surface area contributed by atoms with Crippen LogP contribution in [0.1, 0.15) is 42.4 Å². The van der Waals surface area contributed by atoms with Crippen LogP contribution in [-0.2, 0) is 19.2 Å². The molecule has 2 aliphatic heterocycles. The number of fused-ring (bicyclic) bond motifs is 4. The summed E-state index contributed by atoms with van der Waals surface area (Å²) in [6.07, 6.45) is 6.10. The average molecular weight is 777 g/mol. The number of hydrogen-bond donors (Lipinski definition) is 1. The maximum Gasteiger partial charge on any atom is 0.241 e. The smallest absolute Gasteiger partial charge is 0.241 e. The number of hydrogen-bond acceptors (Lipinski definition) is 8. The van der Waals surface area contributed by atoms with Crippen molar-refractivity contribution >= 4 is 58.8 Å². The lowest BCUT2D eigenvalue weighted by molar-refractivity contribution is -0.131. The summed E-state index contributed by atoms with van der Waals surface area (Å²) in [6, 6.07) is 20.9. The number of imide groups is 2. The summed E-state index contributed by atoms with van der Waals surface area (Å²) in [5, 5.41) is 10.1. The molecule has 1 N–H and O–H groups in total. The van der Waals surface area contributed by atoms with Gasteiger partial charge in [-0.15, -0.1) is 0 Å². The van der Waals surface area contributed by atoms with Crippen LogP contribution in [0, 0.1) is 34.9 Å². The van der Waals surface area contributed by atoms with Gasteiger partial charge < -0.3 is 19.3 Å².